The summed E-state index contributed by atoms with van der Waals surface area (Å²) in [5.41, 5.74) is 8.79. The summed E-state index contributed by atoms with van der Waals surface area (Å²) in [6.45, 7) is 6.82. The van der Waals surface area contributed by atoms with Gasteiger partial charge in [-0.3, -0.25) is 9.59 Å². The molecule has 0 bridgehead atoms. The number of carbonyl (C=O) groups is 2. The number of benzene rings is 1. The molecule has 23 heavy (non-hydrogen) atoms. The summed E-state index contributed by atoms with van der Waals surface area (Å²) >= 11 is 0. The van der Waals surface area contributed by atoms with Gasteiger partial charge < -0.3 is 15.7 Å². The number of rotatable bonds is 4. The van der Waals surface area contributed by atoms with Crippen molar-refractivity contribution >= 4 is 17.4 Å². The van der Waals surface area contributed by atoms with E-state index in [4.69, 9.17) is 10.8 Å². The highest BCUT2D eigenvalue weighted by Crippen LogP contribution is 2.26. The van der Waals surface area contributed by atoms with E-state index >= 15 is 0 Å². The Labute approximate surface area is 135 Å². The van der Waals surface area contributed by atoms with Crippen LogP contribution in [0.2, 0.25) is 0 Å². The van der Waals surface area contributed by atoms with Crippen LogP contribution in [0, 0.1) is 0 Å². The molecule has 2 rings (SSSR count). The number of primary amides is 1. The molecule has 0 atom stereocenters. The van der Waals surface area contributed by atoms with E-state index in [-0.39, 0.29) is 11.4 Å². The van der Waals surface area contributed by atoms with E-state index in [0.29, 0.717) is 12.1 Å². The maximum absolute atomic E-state index is 11.4. The fraction of sp³-hybridized carbons (Fsp3) is 0.222. The number of nitrogens with two attached hydrogens (primary N) is 1. The van der Waals surface area contributed by atoms with Crippen LogP contribution >= 0.6 is 0 Å². The van der Waals surface area contributed by atoms with E-state index in [1.165, 1.54) is 6.92 Å². The molecular weight excluding hydrogens is 292 g/mol. The topological polar surface area (TPSA) is 83.6 Å². The van der Waals surface area contributed by atoms with E-state index in [1.54, 1.807) is 18.2 Å². The average molecular weight is 312 g/mol. The summed E-state index contributed by atoms with van der Waals surface area (Å²) < 4.78 is 0. The summed E-state index contributed by atoms with van der Waals surface area (Å²) in [7, 11) is 0. The Morgan fingerprint density at radius 3 is 2.48 bits per heavy atom. The number of Topliss-reactive ketones (excluding diaryl/α,β-unsaturated/α-hetero) is 1. The second-order valence-electron chi connectivity index (χ2n) is 5.50. The number of amides is 1. The van der Waals surface area contributed by atoms with Gasteiger partial charge in [0, 0.05) is 24.3 Å². The fourth-order valence-electron chi connectivity index (χ4n) is 2.45. The lowest BCUT2D eigenvalue weighted by atomic mass is 9.96. The lowest BCUT2D eigenvalue weighted by Gasteiger charge is -2.32. The van der Waals surface area contributed by atoms with Crippen LogP contribution in [0.1, 0.15) is 23.7 Å². The number of hydrogen-bond acceptors (Lipinski definition) is 4. The first-order valence-electron chi connectivity index (χ1n) is 7.31. The summed E-state index contributed by atoms with van der Waals surface area (Å²) in [6.07, 6.45) is 3.26. The van der Waals surface area contributed by atoms with Gasteiger partial charge in [-0.1, -0.05) is 6.58 Å². The Balaban J connectivity index is 2.23. The van der Waals surface area contributed by atoms with Crippen molar-refractivity contribution in [3.05, 3.63) is 65.5 Å². The Morgan fingerprint density at radius 1 is 1.30 bits per heavy atom. The number of aliphatic hydroxyl groups excluding tert-OH is 1. The zero-order chi connectivity index (χ0) is 17.0. The maximum atomic E-state index is 11.4. The van der Waals surface area contributed by atoms with Gasteiger partial charge in [-0.25, -0.2) is 0 Å². The highest BCUT2D eigenvalue weighted by Gasteiger charge is 2.19. The van der Waals surface area contributed by atoms with Gasteiger partial charge in [0.1, 0.15) is 0 Å². The average Bonchev–Trinajstić information content (AvgIpc) is 2.53. The Bertz CT molecular complexity index is 699. The van der Waals surface area contributed by atoms with Crippen LogP contribution in [0.5, 0.6) is 0 Å². The van der Waals surface area contributed by atoms with E-state index in [0.717, 1.165) is 36.1 Å². The lowest BCUT2D eigenvalue weighted by Crippen LogP contribution is -2.32. The SMILES string of the molecule is C=C1CCN(c2ccc(C(N)=O)cc2)C/C1=C/C(=CO)C(C)=O. The van der Waals surface area contributed by atoms with Crippen LogP contribution in [0.4, 0.5) is 5.69 Å². The molecule has 5 heteroatoms. The summed E-state index contributed by atoms with van der Waals surface area (Å²) in [4.78, 5) is 24.7. The van der Waals surface area contributed by atoms with Crippen LogP contribution in [0.3, 0.4) is 0 Å². The van der Waals surface area contributed by atoms with Gasteiger partial charge in [-0.05, 0) is 54.8 Å². The van der Waals surface area contributed by atoms with Crippen molar-refractivity contribution in [2.45, 2.75) is 13.3 Å². The monoisotopic (exact) mass is 312 g/mol. The van der Waals surface area contributed by atoms with Crippen molar-refractivity contribution in [1.82, 2.24) is 0 Å². The Kier molecular flexibility index (Phi) is 5.01. The van der Waals surface area contributed by atoms with Crippen LogP contribution < -0.4 is 10.6 Å². The molecule has 1 aliphatic rings. The molecule has 1 aliphatic heterocycles. The summed E-state index contributed by atoms with van der Waals surface area (Å²) in [6, 6.07) is 7.08. The predicted molar refractivity (Wildman–Crippen MR) is 90.4 cm³/mol. The molecule has 5 nitrogen and oxygen atoms in total. The van der Waals surface area contributed by atoms with Crippen molar-refractivity contribution in [2.24, 2.45) is 5.73 Å². The zero-order valence-corrected chi connectivity index (χ0v) is 13.1. The van der Waals surface area contributed by atoms with Crippen molar-refractivity contribution < 1.29 is 14.7 Å². The third kappa shape index (κ3) is 3.88. The number of carbonyl (C=O) groups excluding carboxylic acids is 2. The van der Waals surface area contributed by atoms with Gasteiger partial charge in [0.15, 0.2) is 5.78 Å². The fourth-order valence-corrected chi connectivity index (χ4v) is 2.45. The lowest BCUT2D eigenvalue weighted by molar-refractivity contribution is -0.113. The molecule has 1 fully saturated rings. The highest BCUT2D eigenvalue weighted by atomic mass is 16.2. The van der Waals surface area contributed by atoms with Crippen LogP contribution in [-0.4, -0.2) is 29.9 Å². The minimum Gasteiger partial charge on any atom is -0.515 e. The van der Waals surface area contributed by atoms with Gasteiger partial charge in [-0.2, -0.15) is 0 Å². The first kappa shape index (κ1) is 16.5. The largest absolute Gasteiger partial charge is 0.515 e. The van der Waals surface area contributed by atoms with Crippen molar-refractivity contribution in [2.75, 3.05) is 18.0 Å². The minimum absolute atomic E-state index is 0.198. The second-order valence-corrected chi connectivity index (χ2v) is 5.50. The highest BCUT2D eigenvalue weighted by molar-refractivity contribution is 5.96. The molecule has 0 aliphatic carbocycles. The van der Waals surface area contributed by atoms with Gasteiger partial charge in [0.05, 0.1) is 11.8 Å². The molecule has 1 amide bonds. The number of hydrogen-bond donors (Lipinski definition) is 2. The molecule has 1 aromatic rings. The summed E-state index contributed by atoms with van der Waals surface area (Å²) in [5.74, 6) is -0.654. The van der Waals surface area contributed by atoms with Gasteiger partial charge >= 0.3 is 0 Å². The number of allylic oxidation sites excluding steroid dienone is 2. The molecule has 3 N–H and O–H groups in total. The Hall–Kier alpha value is -2.82. The number of piperidine rings is 1. The zero-order valence-electron chi connectivity index (χ0n) is 13.1. The number of anilines is 1. The first-order chi connectivity index (χ1) is 10.9. The minimum atomic E-state index is -0.455. The third-order valence-electron chi connectivity index (χ3n) is 3.89. The standard InChI is InChI=1S/C18H20N2O3/c1-12-7-8-20(10-15(12)9-16(11-21)13(2)22)17-5-3-14(4-6-17)18(19)23/h3-6,9,11,21H,1,7-8,10H2,2H3,(H2,19,23)/b15-9-,16-11?. The molecule has 0 spiro atoms. The van der Waals surface area contributed by atoms with Crippen molar-refractivity contribution in [3.8, 4) is 0 Å². The third-order valence-corrected chi connectivity index (χ3v) is 3.89. The maximum Gasteiger partial charge on any atom is 0.248 e. The van der Waals surface area contributed by atoms with Crippen molar-refractivity contribution in [3.63, 3.8) is 0 Å². The van der Waals surface area contributed by atoms with Crippen LogP contribution in [0.15, 0.2) is 59.9 Å². The molecule has 1 saturated heterocycles. The quantitative estimate of drug-likeness (QED) is 0.661. The van der Waals surface area contributed by atoms with Gasteiger partial charge in [0.2, 0.25) is 5.91 Å². The molecule has 0 aromatic heterocycles. The molecule has 0 saturated carbocycles. The molecular formula is C18H20N2O3. The van der Waals surface area contributed by atoms with E-state index in [2.05, 4.69) is 11.5 Å². The van der Waals surface area contributed by atoms with Crippen molar-refractivity contribution in [1.29, 1.82) is 0 Å². The number of aliphatic hydroxyl groups is 1. The van der Waals surface area contributed by atoms with Crippen LogP contribution in [0.25, 0.3) is 0 Å². The Morgan fingerprint density at radius 2 is 1.96 bits per heavy atom. The molecule has 1 aromatic carbocycles. The molecule has 1 heterocycles. The molecule has 120 valence electrons. The number of ketones is 1. The van der Waals surface area contributed by atoms with E-state index in [1.807, 2.05) is 12.1 Å². The van der Waals surface area contributed by atoms with E-state index in [9.17, 15) is 9.59 Å². The summed E-state index contributed by atoms with van der Waals surface area (Å²) in [5, 5.41) is 9.16. The molecule has 0 unspecified atom stereocenters. The second kappa shape index (κ2) is 6.96. The van der Waals surface area contributed by atoms with Gasteiger partial charge in [0.25, 0.3) is 0 Å². The van der Waals surface area contributed by atoms with E-state index < -0.39 is 5.91 Å². The number of nitrogens with zero attached hydrogens (tertiary/aromatic N) is 1. The predicted octanol–water partition coefficient (Wildman–Crippen LogP) is 2.51. The smallest absolute Gasteiger partial charge is 0.248 e. The normalized spacial score (nSPS) is 17.4. The molecule has 0 radical (unpaired) electrons. The van der Waals surface area contributed by atoms with Gasteiger partial charge in [-0.15, -0.1) is 0 Å². The first-order valence-corrected chi connectivity index (χ1v) is 7.31. The van der Waals surface area contributed by atoms with Crippen LogP contribution in [-0.2, 0) is 4.79 Å².